The lowest BCUT2D eigenvalue weighted by molar-refractivity contribution is 0.200. The van der Waals surface area contributed by atoms with Gasteiger partial charge in [0.2, 0.25) is 0 Å². The van der Waals surface area contributed by atoms with Crippen molar-refractivity contribution in [2.24, 2.45) is 0 Å². The number of aromatic amines is 1. The molecule has 1 aliphatic heterocycles. The van der Waals surface area contributed by atoms with E-state index in [0.29, 0.717) is 5.92 Å². The van der Waals surface area contributed by atoms with Crippen molar-refractivity contribution in [2.45, 2.75) is 25.3 Å². The molecule has 0 amide bonds. The molecule has 0 bridgehead atoms. The molecule has 1 saturated heterocycles. The molecule has 136 valence electrons. The highest BCUT2D eigenvalue weighted by Gasteiger charge is 2.21. The number of aromatic nitrogens is 2. The first-order valence-electron chi connectivity index (χ1n) is 9.67. The van der Waals surface area contributed by atoms with Crippen LogP contribution in [0.1, 0.15) is 29.9 Å². The maximum atomic E-state index is 12.3. The molecule has 2 aromatic carbocycles. The molecule has 1 atom stereocenters. The van der Waals surface area contributed by atoms with Crippen LogP contribution in [0, 0.1) is 0 Å². The smallest absolute Gasteiger partial charge is 0.258 e. The van der Waals surface area contributed by atoms with E-state index in [2.05, 4.69) is 56.9 Å². The van der Waals surface area contributed by atoms with Crippen LogP contribution in [0.5, 0.6) is 0 Å². The van der Waals surface area contributed by atoms with Gasteiger partial charge in [0.05, 0.1) is 10.9 Å². The van der Waals surface area contributed by atoms with E-state index in [1.54, 1.807) is 0 Å². The summed E-state index contributed by atoms with van der Waals surface area (Å²) in [4.78, 5) is 17.9. The first-order valence-corrected chi connectivity index (χ1v) is 9.67. The number of benzene rings is 2. The van der Waals surface area contributed by atoms with Gasteiger partial charge in [-0.05, 0) is 54.6 Å². The number of nitrogens with zero attached hydrogens (tertiary/aromatic N) is 2. The molecule has 1 aliphatic rings. The van der Waals surface area contributed by atoms with Gasteiger partial charge in [0.1, 0.15) is 5.65 Å². The van der Waals surface area contributed by atoms with Crippen LogP contribution in [-0.4, -0.2) is 27.4 Å². The number of piperidine rings is 1. The average Bonchev–Trinajstić information content (AvgIpc) is 3.11. The van der Waals surface area contributed by atoms with Crippen molar-refractivity contribution in [1.82, 2.24) is 14.3 Å². The Bertz CT molecular complexity index is 1140. The summed E-state index contributed by atoms with van der Waals surface area (Å²) < 4.78 is 2.10. The molecule has 1 N–H and O–H groups in total. The van der Waals surface area contributed by atoms with E-state index < -0.39 is 0 Å². The Kier molecular flexibility index (Phi) is 4.06. The van der Waals surface area contributed by atoms with E-state index in [-0.39, 0.29) is 5.56 Å². The molecule has 0 radical (unpaired) electrons. The minimum Gasteiger partial charge on any atom is -0.308 e. The third kappa shape index (κ3) is 3.06. The lowest BCUT2D eigenvalue weighted by Crippen LogP contribution is -2.33. The summed E-state index contributed by atoms with van der Waals surface area (Å²) in [6, 6.07) is 20.7. The van der Waals surface area contributed by atoms with E-state index >= 15 is 0 Å². The highest BCUT2D eigenvalue weighted by atomic mass is 16.1. The van der Waals surface area contributed by atoms with Crippen LogP contribution in [0.25, 0.3) is 16.6 Å². The predicted molar refractivity (Wildman–Crippen MR) is 109 cm³/mol. The Morgan fingerprint density at radius 2 is 1.85 bits per heavy atom. The zero-order valence-corrected chi connectivity index (χ0v) is 15.3. The van der Waals surface area contributed by atoms with Gasteiger partial charge >= 0.3 is 0 Å². The second kappa shape index (κ2) is 6.71. The third-order valence-corrected chi connectivity index (χ3v) is 5.71. The fraction of sp³-hybridized carbons (Fsp3) is 0.261. The summed E-state index contributed by atoms with van der Waals surface area (Å²) in [5.74, 6) is 0.609. The molecule has 4 nitrogen and oxygen atoms in total. The second-order valence-electron chi connectivity index (χ2n) is 7.56. The lowest BCUT2D eigenvalue weighted by Gasteiger charge is -2.32. The van der Waals surface area contributed by atoms with Crippen molar-refractivity contribution in [2.75, 3.05) is 13.1 Å². The van der Waals surface area contributed by atoms with Crippen molar-refractivity contribution in [3.05, 3.63) is 88.3 Å². The Morgan fingerprint density at radius 1 is 1.04 bits per heavy atom. The van der Waals surface area contributed by atoms with E-state index in [9.17, 15) is 4.79 Å². The van der Waals surface area contributed by atoms with Gasteiger partial charge < -0.3 is 9.38 Å². The van der Waals surface area contributed by atoms with Crippen molar-refractivity contribution in [3.63, 3.8) is 0 Å². The van der Waals surface area contributed by atoms with Crippen LogP contribution in [0.15, 0.2) is 71.7 Å². The molecular weight excluding hydrogens is 334 g/mol. The molecule has 4 aromatic rings. The molecule has 1 unspecified atom stereocenters. The summed E-state index contributed by atoms with van der Waals surface area (Å²) in [6.07, 6.45) is 4.66. The summed E-state index contributed by atoms with van der Waals surface area (Å²) in [7, 11) is 0. The van der Waals surface area contributed by atoms with Crippen LogP contribution in [-0.2, 0) is 6.54 Å². The molecule has 2 aromatic heterocycles. The number of fused-ring (bicyclic) bond motifs is 3. The second-order valence-corrected chi connectivity index (χ2v) is 7.56. The minimum absolute atomic E-state index is 0.0233. The predicted octanol–water partition coefficient (Wildman–Crippen LogP) is 4.16. The number of rotatable bonds is 3. The number of para-hydroxylation sites is 1. The summed E-state index contributed by atoms with van der Waals surface area (Å²) in [5.41, 5.74) is 4.49. The largest absolute Gasteiger partial charge is 0.308 e. The van der Waals surface area contributed by atoms with Gasteiger partial charge in [-0.3, -0.25) is 9.69 Å². The van der Waals surface area contributed by atoms with Crippen LogP contribution < -0.4 is 5.56 Å². The fourth-order valence-corrected chi connectivity index (χ4v) is 4.41. The molecular formula is C23H23N3O. The van der Waals surface area contributed by atoms with Crippen molar-refractivity contribution in [1.29, 1.82) is 0 Å². The number of hydrogen-bond donors (Lipinski definition) is 1. The highest BCUT2D eigenvalue weighted by Crippen LogP contribution is 2.28. The van der Waals surface area contributed by atoms with E-state index in [4.69, 9.17) is 0 Å². The highest BCUT2D eigenvalue weighted by molar-refractivity contribution is 5.80. The maximum Gasteiger partial charge on any atom is 0.258 e. The number of nitrogens with one attached hydrogen (secondary N) is 1. The molecule has 4 heteroatoms. The minimum atomic E-state index is -0.0233. The Morgan fingerprint density at radius 3 is 2.74 bits per heavy atom. The van der Waals surface area contributed by atoms with Gasteiger partial charge in [-0.1, -0.05) is 42.5 Å². The first-order chi connectivity index (χ1) is 13.3. The normalized spacial score (nSPS) is 18.3. The summed E-state index contributed by atoms with van der Waals surface area (Å²) in [5, 5.41) is 0.731. The van der Waals surface area contributed by atoms with Crippen LogP contribution in [0.4, 0.5) is 0 Å². The van der Waals surface area contributed by atoms with Gasteiger partial charge in [-0.2, -0.15) is 0 Å². The van der Waals surface area contributed by atoms with Gasteiger partial charge in [0, 0.05) is 19.3 Å². The molecule has 27 heavy (non-hydrogen) atoms. The standard InChI is InChI=1S/C23H23N3O/c27-23-20-10-4-5-11-21(20)26-15-17(13-22(26)24-23)14-25-12-6-9-19(16-25)18-7-2-1-3-8-18/h1-5,7-8,10-11,13,15,19H,6,9,12,14,16H2,(H,24,27). The van der Waals surface area contributed by atoms with Crippen molar-refractivity contribution in [3.8, 4) is 0 Å². The zero-order chi connectivity index (χ0) is 18.2. The monoisotopic (exact) mass is 357 g/mol. The van der Waals surface area contributed by atoms with E-state index in [1.807, 2.05) is 24.3 Å². The molecule has 1 fully saturated rings. The molecule has 5 rings (SSSR count). The maximum absolute atomic E-state index is 12.3. The zero-order valence-electron chi connectivity index (χ0n) is 15.3. The Hall–Kier alpha value is -2.85. The molecule has 0 spiro atoms. The molecule has 0 aliphatic carbocycles. The van der Waals surface area contributed by atoms with Gasteiger partial charge in [0.25, 0.3) is 5.56 Å². The number of likely N-dealkylation sites (tertiary alicyclic amines) is 1. The van der Waals surface area contributed by atoms with Gasteiger partial charge in [0.15, 0.2) is 0 Å². The Balaban J connectivity index is 1.43. The van der Waals surface area contributed by atoms with Crippen molar-refractivity contribution < 1.29 is 0 Å². The summed E-state index contributed by atoms with van der Waals surface area (Å²) in [6.45, 7) is 3.14. The van der Waals surface area contributed by atoms with Crippen LogP contribution >= 0.6 is 0 Å². The van der Waals surface area contributed by atoms with E-state index in [1.165, 1.54) is 24.0 Å². The Labute approximate surface area is 158 Å². The van der Waals surface area contributed by atoms with Crippen molar-refractivity contribution >= 4 is 16.6 Å². The van der Waals surface area contributed by atoms with E-state index in [0.717, 1.165) is 36.2 Å². The SMILES string of the molecule is O=c1[nH]c2cc(CN3CCCC(c4ccccc4)C3)cn2c2ccccc12. The first kappa shape index (κ1) is 16.3. The number of hydrogen-bond acceptors (Lipinski definition) is 2. The summed E-state index contributed by atoms with van der Waals surface area (Å²) >= 11 is 0. The average molecular weight is 357 g/mol. The van der Waals surface area contributed by atoms with Crippen LogP contribution in [0.2, 0.25) is 0 Å². The third-order valence-electron chi connectivity index (χ3n) is 5.71. The fourth-order valence-electron chi connectivity index (χ4n) is 4.41. The van der Waals surface area contributed by atoms with Gasteiger partial charge in [-0.25, -0.2) is 0 Å². The quantitative estimate of drug-likeness (QED) is 0.598. The lowest BCUT2D eigenvalue weighted by atomic mass is 9.90. The van der Waals surface area contributed by atoms with Gasteiger partial charge in [-0.15, -0.1) is 0 Å². The number of H-pyrrole nitrogens is 1. The molecule has 3 heterocycles. The topological polar surface area (TPSA) is 40.5 Å². The molecule has 0 saturated carbocycles. The van der Waals surface area contributed by atoms with Crippen LogP contribution in [0.3, 0.4) is 0 Å².